The third-order valence-electron chi connectivity index (χ3n) is 3.97. The predicted octanol–water partition coefficient (Wildman–Crippen LogP) is 3.86. The van der Waals surface area contributed by atoms with Crippen LogP contribution in [0.3, 0.4) is 0 Å². The quantitative estimate of drug-likeness (QED) is 0.655. The zero-order valence-electron chi connectivity index (χ0n) is 13.3. The Morgan fingerprint density at radius 1 is 1.20 bits per heavy atom. The molecule has 7 heteroatoms. The molecule has 1 amide bonds. The van der Waals surface area contributed by atoms with Gasteiger partial charge in [-0.25, -0.2) is 9.78 Å². The van der Waals surface area contributed by atoms with E-state index in [-0.39, 0.29) is 17.3 Å². The van der Waals surface area contributed by atoms with Gasteiger partial charge >= 0.3 is 5.97 Å². The molecule has 2 aromatic carbocycles. The van der Waals surface area contributed by atoms with Crippen LogP contribution in [0.2, 0.25) is 0 Å². The Morgan fingerprint density at radius 3 is 2.68 bits per heavy atom. The van der Waals surface area contributed by atoms with E-state index in [4.69, 9.17) is 4.74 Å². The molecule has 25 heavy (non-hydrogen) atoms. The summed E-state index contributed by atoms with van der Waals surface area (Å²) in [5, 5.41) is 0.568. The van der Waals surface area contributed by atoms with E-state index in [1.165, 1.54) is 18.4 Å². The SMILES string of the molecule is COC(=O)c1ccc([C@@H]2SCC(=O)N2c2nc3ccccc3s2)cc1. The minimum atomic E-state index is -0.371. The van der Waals surface area contributed by atoms with Crippen LogP contribution in [-0.4, -0.2) is 29.7 Å². The normalized spacial score (nSPS) is 17.2. The number of carbonyl (C=O) groups excluding carboxylic acids is 2. The van der Waals surface area contributed by atoms with Crippen molar-refractivity contribution in [1.29, 1.82) is 0 Å². The summed E-state index contributed by atoms with van der Waals surface area (Å²) in [7, 11) is 1.36. The van der Waals surface area contributed by atoms with Gasteiger partial charge in [-0.3, -0.25) is 9.69 Å². The molecule has 1 aliphatic rings. The number of thioether (sulfide) groups is 1. The molecule has 1 aromatic heterocycles. The van der Waals surface area contributed by atoms with Crippen molar-refractivity contribution < 1.29 is 14.3 Å². The molecule has 0 unspecified atom stereocenters. The summed E-state index contributed by atoms with van der Waals surface area (Å²) >= 11 is 3.08. The monoisotopic (exact) mass is 370 g/mol. The number of aromatic nitrogens is 1. The average Bonchev–Trinajstić information content (AvgIpc) is 3.24. The maximum absolute atomic E-state index is 12.5. The standard InChI is InChI=1S/C18H14N2O3S2/c1-23-17(22)12-8-6-11(7-9-12)16-20(15(21)10-24-16)18-19-13-4-2-3-5-14(13)25-18/h2-9,16H,10H2,1H3/t16-/m0/s1. The van der Waals surface area contributed by atoms with Gasteiger partial charge in [0, 0.05) is 0 Å². The van der Waals surface area contributed by atoms with Gasteiger partial charge in [0.15, 0.2) is 5.13 Å². The Labute approximate surface area is 152 Å². The first-order chi connectivity index (χ1) is 12.2. The second-order valence-electron chi connectivity index (χ2n) is 5.50. The van der Waals surface area contributed by atoms with Gasteiger partial charge in [-0.05, 0) is 29.8 Å². The fourth-order valence-corrected chi connectivity index (χ4v) is 4.98. The fourth-order valence-electron chi connectivity index (χ4n) is 2.74. The van der Waals surface area contributed by atoms with E-state index in [0.29, 0.717) is 16.4 Å². The molecule has 4 rings (SSSR count). The Morgan fingerprint density at radius 2 is 1.96 bits per heavy atom. The number of para-hydroxylation sites is 1. The Balaban J connectivity index is 1.69. The number of hydrogen-bond acceptors (Lipinski definition) is 6. The Hall–Kier alpha value is -2.38. The van der Waals surface area contributed by atoms with Gasteiger partial charge in [0.05, 0.1) is 28.6 Å². The van der Waals surface area contributed by atoms with Crippen molar-refractivity contribution >= 4 is 50.3 Å². The lowest BCUT2D eigenvalue weighted by atomic mass is 10.1. The third kappa shape index (κ3) is 2.89. The molecule has 5 nitrogen and oxygen atoms in total. The summed E-state index contributed by atoms with van der Waals surface area (Å²) in [5.74, 6) is 0.0927. The van der Waals surface area contributed by atoms with Gasteiger partial charge in [-0.15, -0.1) is 11.8 Å². The largest absolute Gasteiger partial charge is 0.465 e. The zero-order valence-corrected chi connectivity index (χ0v) is 15.0. The molecule has 0 spiro atoms. The van der Waals surface area contributed by atoms with Gasteiger partial charge in [0.1, 0.15) is 5.37 Å². The van der Waals surface area contributed by atoms with Crippen molar-refractivity contribution in [3.8, 4) is 0 Å². The van der Waals surface area contributed by atoms with Crippen molar-refractivity contribution in [1.82, 2.24) is 4.98 Å². The van der Waals surface area contributed by atoms with Crippen LogP contribution in [0.5, 0.6) is 0 Å². The number of esters is 1. The van der Waals surface area contributed by atoms with Crippen molar-refractivity contribution in [2.24, 2.45) is 0 Å². The minimum absolute atomic E-state index is 0.0473. The maximum Gasteiger partial charge on any atom is 0.337 e. The summed E-state index contributed by atoms with van der Waals surface area (Å²) in [5.41, 5.74) is 2.35. The lowest BCUT2D eigenvalue weighted by Gasteiger charge is -2.21. The molecule has 0 N–H and O–H groups in total. The highest BCUT2D eigenvalue weighted by Gasteiger charge is 2.36. The Bertz CT molecular complexity index is 919. The molecule has 1 saturated heterocycles. The van der Waals surface area contributed by atoms with E-state index < -0.39 is 0 Å². The second kappa shape index (κ2) is 6.50. The van der Waals surface area contributed by atoms with E-state index in [1.54, 1.807) is 28.8 Å². The average molecular weight is 370 g/mol. The molecule has 1 aliphatic heterocycles. The molecule has 0 saturated carbocycles. The van der Waals surface area contributed by atoms with Crippen LogP contribution in [0.1, 0.15) is 21.3 Å². The molecule has 0 radical (unpaired) electrons. The number of benzene rings is 2. The van der Waals surface area contributed by atoms with Gasteiger partial charge in [-0.2, -0.15) is 0 Å². The predicted molar refractivity (Wildman–Crippen MR) is 100 cm³/mol. The second-order valence-corrected chi connectivity index (χ2v) is 7.58. The van der Waals surface area contributed by atoms with Crippen LogP contribution in [0, 0.1) is 0 Å². The number of ether oxygens (including phenoxy) is 1. The molecule has 1 atom stereocenters. The Kier molecular flexibility index (Phi) is 4.19. The number of methoxy groups -OCH3 is 1. The number of nitrogens with zero attached hydrogens (tertiary/aromatic N) is 2. The molecule has 1 fully saturated rings. The van der Waals surface area contributed by atoms with Gasteiger partial charge in [-0.1, -0.05) is 35.6 Å². The number of rotatable bonds is 3. The van der Waals surface area contributed by atoms with Crippen LogP contribution in [0.25, 0.3) is 10.2 Å². The molecule has 0 bridgehead atoms. The van der Waals surface area contributed by atoms with Crippen LogP contribution < -0.4 is 4.90 Å². The van der Waals surface area contributed by atoms with Gasteiger partial charge in [0.2, 0.25) is 5.91 Å². The number of anilines is 1. The van der Waals surface area contributed by atoms with Gasteiger partial charge in [0.25, 0.3) is 0 Å². The fraction of sp³-hybridized carbons (Fsp3) is 0.167. The number of carbonyl (C=O) groups is 2. The van der Waals surface area contributed by atoms with Gasteiger partial charge < -0.3 is 4.74 Å². The zero-order chi connectivity index (χ0) is 17.4. The highest BCUT2D eigenvalue weighted by molar-refractivity contribution is 8.00. The van der Waals surface area contributed by atoms with Crippen LogP contribution >= 0.6 is 23.1 Å². The molecular weight excluding hydrogens is 356 g/mol. The molecular formula is C18H14N2O3S2. The molecule has 3 aromatic rings. The van der Waals surface area contributed by atoms with E-state index in [1.807, 2.05) is 36.4 Å². The summed E-state index contributed by atoms with van der Waals surface area (Å²) in [6.45, 7) is 0. The van der Waals surface area contributed by atoms with E-state index in [9.17, 15) is 9.59 Å². The molecule has 0 aliphatic carbocycles. The van der Waals surface area contributed by atoms with Crippen molar-refractivity contribution in [2.45, 2.75) is 5.37 Å². The smallest absolute Gasteiger partial charge is 0.337 e. The third-order valence-corrected chi connectivity index (χ3v) is 6.22. The van der Waals surface area contributed by atoms with Crippen LogP contribution in [-0.2, 0) is 9.53 Å². The lowest BCUT2D eigenvalue weighted by Crippen LogP contribution is -2.27. The number of fused-ring (bicyclic) bond motifs is 1. The first kappa shape index (κ1) is 16.1. The van der Waals surface area contributed by atoms with E-state index in [0.717, 1.165) is 15.8 Å². The van der Waals surface area contributed by atoms with Crippen LogP contribution in [0.15, 0.2) is 48.5 Å². The minimum Gasteiger partial charge on any atom is -0.465 e. The number of thiazole rings is 1. The summed E-state index contributed by atoms with van der Waals surface area (Å²) < 4.78 is 5.78. The van der Waals surface area contributed by atoms with Crippen LogP contribution in [0.4, 0.5) is 5.13 Å². The maximum atomic E-state index is 12.5. The first-order valence-corrected chi connectivity index (χ1v) is 9.51. The highest BCUT2D eigenvalue weighted by atomic mass is 32.2. The molecule has 2 heterocycles. The highest BCUT2D eigenvalue weighted by Crippen LogP contribution is 2.44. The first-order valence-electron chi connectivity index (χ1n) is 7.65. The van der Waals surface area contributed by atoms with Crippen molar-refractivity contribution in [2.75, 3.05) is 17.8 Å². The summed E-state index contributed by atoms with van der Waals surface area (Å²) in [4.78, 5) is 30.4. The van der Waals surface area contributed by atoms with E-state index in [2.05, 4.69) is 4.98 Å². The summed E-state index contributed by atoms with van der Waals surface area (Å²) in [6, 6.07) is 15.0. The lowest BCUT2D eigenvalue weighted by molar-refractivity contribution is -0.115. The molecule has 126 valence electrons. The topological polar surface area (TPSA) is 59.5 Å². The number of amides is 1. The summed E-state index contributed by atoms with van der Waals surface area (Å²) in [6.07, 6.45) is 0. The number of hydrogen-bond donors (Lipinski definition) is 0. The van der Waals surface area contributed by atoms with Crippen molar-refractivity contribution in [3.63, 3.8) is 0 Å². The van der Waals surface area contributed by atoms with E-state index >= 15 is 0 Å². The van der Waals surface area contributed by atoms with Crippen molar-refractivity contribution in [3.05, 3.63) is 59.7 Å².